The lowest BCUT2D eigenvalue weighted by Gasteiger charge is -2.24. The fourth-order valence-electron chi connectivity index (χ4n) is 1.46. The molecule has 0 aliphatic carbocycles. The maximum absolute atomic E-state index is 12.4. The Morgan fingerprint density at radius 2 is 1.81 bits per heavy atom. The molecule has 2 nitrogen and oxygen atoms in total. The van der Waals surface area contributed by atoms with Crippen LogP contribution >= 0.6 is 0 Å². The van der Waals surface area contributed by atoms with Crippen molar-refractivity contribution in [2.45, 2.75) is 23.0 Å². The van der Waals surface area contributed by atoms with Crippen molar-refractivity contribution in [2.24, 2.45) is 0 Å². The summed E-state index contributed by atoms with van der Waals surface area (Å²) in [4.78, 5) is 0.319. The van der Waals surface area contributed by atoms with E-state index in [9.17, 15) is 8.42 Å². The monoisotopic (exact) mass is 236 g/mol. The molecule has 1 aromatic rings. The highest BCUT2D eigenvalue weighted by Crippen LogP contribution is 2.29. The van der Waals surface area contributed by atoms with Crippen LogP contribution in [0.1, 0.15) is 13.3 Å². The molecule has 1 atom stereocenters. The van der Waals surface area contributed by atoms with Gasteiger partial charge in [-0.2, -0.15) is 0 Å². The molecule has 0 amide bonds. The van der Waals surface area contributed by atoms with E-state index >= 15 is 0 Å². The van der Waals surface area contributed by atoms with Crippen molar-refractivity contribution in [3.05, 3.63) is 55.6 Å². The van der Waals surface area contributed by atoms with E-state index in [1.54, 1.807) is 43.3 Å². The lowest BCUT2D eigenvalue weighted by Crippen LogP contribution is -2.32. The number of hydrogen-bond donors (Lipinski definition) is 0. The van der Waals surface area contributed by atoms with Crippen LogP contribution < -0.4 is 0 Å². The summed E-state index contributed by atoms with van der Waals surface area (Å²) < 4.78 is 23.7. The zero-order valence-electron chi connectivity index (χ0n) is 9.39. The first kappa shape index (κ1) is 12.7. The molecular formula is C13H16O2S. The van der Waals surface area contributed by atoms with E-state index in [1.165, 1.54) is 6.08 Å². The van der Waals surface area contributed by atoms with E-state index < -0.39 is 14.6 Å². The first-order valence-electron chi connectivity index (χ1n) is 5.02. The van der Waals surface area contributed by atoms with Crippen LogP contribution in [0, 0.1) is 0 Å². The summed E-state index contributed by atoms with van der Waals surface area (Å²) >= 11 is 0. The second-order valence-corrected chi connectivity index (χ2v) is 6.24. The van der Waals surface area contributed by atoms with Gasteiger partial charge in [0.2, 0.25) is 0 Å². The van der Waals surface area contributed by atoms with E-state index in [-0.39, 0.29) is 0 Å². The molecule has 0 N–H and O–H groups in total. The SMILES string of the molecule is C=CC[C@](C)(C=C)S(=O)(=O)c1ccccc1. The van der Waals surface area contributed by atoms with Gasteiger partial charge < -0.3 is 0 Å². The zero-order valence-corrected chi connectivity index (χ0v) is 10.2. The van der Waals surface area contributed by atoms with Gasteiger partial charge in [-0.1, -0.05) is 30.4 Å². The number of sulfone groups is 1. The van der Waals surface area contributed by atoms with Gasteiger partial charge in [-0.15, -0.1) is 13.2 Å². The molecular weight excluding hydrogens is 220 g/mol. The number of rotatable bonds is 5. The molecule has 1 aromatic carbocycles. The minimum Gasteiger partial charge on any atom is -0.223 e. The van der Waals surface area contributed by atoms with Crippen molar-refractivity contribution >= 4 is 9.84 Å². The van der Waals surface area contributed by atoms with Crippen LogP contribution in [0.4, 0.5) is 0 Å². The molecule has 16 heavy (non-hydrogen) atoms. The third kappa shape index (κ3) is 2.09. The van der Waals surface area contributed by atoms with Gasteiger partial charge in [0, 0.05) is 0 Å². The van der Waals surface area contributed by atoms with Gasteiger partial charge in [0.15, 0.2) is 9.84 Å². The third-order valence-electron chi connectivity index (χ3n) is 2.65. The first-order chi connectivity index (χ1) is 7.48. The Kier molecular flexibility index (Phi) is 3.70. The van der Waals surface area contributed by atoms with Gasteiger partial charge in [-0.05, 0) is 25.5 Å². The second-order valence-electron chi connectivity index (χ2n) is 3.83. The van der Waals surface area contributed by atoms with E-state index in [1.807, 2.05) is 0 Å². The molecule has 0 aromatic heterocycles. The predicted octanol–water partition coefficient (Wildman–Crippen LogP) is 2.98. The normalized spacial score (nSPS) is 15.1. The largest absolute Gasteiger partial charge is 0.223 e. The topological polar surface area (TPSA) is 34.1 Å². The summed E-state index contributed by atoms with van der Waals surface area (Å²) in [7, 11) is -3.40. The lowest BCUT2D eigenvalue weighted by atomic mass is 10.1. The summed E-state index contributed by atoms with van der Waals surface area (Å²) in [6, 6.07) is 8.41. The summed E-state index contributed by atoms with van der Waals surface area (Å²) in [6.07, 6.45) is 3.42. The minimum atomic E-state index is -3.40. The van der Waals surface area contributed by atoms with E-state index in [4.69, 9.17) is 0 Å². The number of hydrogen-bond acceptors (Lipinski definition) is 2. The summed E-state index contributed by atoms with van der Waals surface area (Å²) in [5.74, 6) is 0. The third-order valence-corrected chi connectivity index (χ3v) is 5.10. The van der Waals surface area contributed by atoms with Crippen molar-refractivity contribution in [3.63, 3.8) is 0 Å². The van der Waals surface area contributed by atoms with Crippen LogP contribution in [0.3, 0.4) is 0 Å². The fraction of sp³-hybridized carbons (Fsp3) is 0.231. The Morgan fingerprint density at radius 3 is 2.25 bits per heavy atom. The van der Waals surface area contributed by atoms with E-state index in [0.29, 0.717) is 11.3 Å². The van der Waals surface area contributed by atoms with E-state index in [0.717, 1.165) is 0 Å². The Hall–Kier alpha value is -1.35. The smallest absolute Gasteiger partial charge is 0.187 e. The van der Waals surface area contributed by atoms with Crippen LogP contribution in [0.5, 0.6) is 0 Å². The summed E-state index contributed by atoms with van der Waals surface area (Å²) in [5, 5.41) is 0. The molecule has 86 valence electrons. The Labute approximate surface area is 97.2 Å². The average molecular weight is 236 g/mol. The average Bonchev–Trinajstić information content (AvgIpc) is 2.30. The highest BCUT2D eigenvalue weighted by atomic mass is 32.2. The fourth-order valence-corrected chi connectivity index (χ4v) is 3.07. The standard InChI is InChI=1S/C13H16O2S/c1-4-11-13(3,5-2)16(14,15)12-9-7-6-8-10-12/h4-10H,1-2,11H2,3H3/t13-/m0/s1. The van der Waals surface area contributed by atoms with Crippen molar-refractivity contribution in [1.82, 2.24) is 0 Å². The van der Waals surface area contributed by atoms with Gasteiger partial charge in [-0.3, -0.25) is 0 Å². The predicted molar refractivity (Wildman–Crippen MR) is 67.0 cm³/mol. The Morgan fingerprint density at radius 1 is 1.25 bits per heavy atom. The molecule has 0 aliphatic heterocycles. The quantitative estimate of drug-likeness (QED) is 0.736. The molecule has 0 aliphatic rings. The van der Waals surface area contributed by atoms with Crippen LogP contribution in [0.2, 0.25) is 0 Å². The Balaban J connectivity index is 3.30. The van der Waals surface area contributed by atoms with Gasteiger partial charge in [-0.25, -0.2) is 8.42 Å². The molecule has 0 unspecified atom stereocenters. The van der Waals surface area contributed by atoms with Gasteiger partial charge >= 0.3 is 0 Å². The van der Waals surface area contributed by atoms with Crippen LogP contribution in [-0.4, -0.2) is 13.2 Å². The number of allylic oxidation sites excluding steroid dienone is 1. The molecule has 1 rings (SSSR count). The van der Waals surface area contributed by atoms with Crippen LogP contribution in [0.25, 0.3) is 0 Å². The van der Waals surface area contributed by atoms with Gasteiger partial charge in [0.1, 0.15) is 0 Å². The van der Waals surface area contributed by atoms with Crippen LogP contribution in [0.15, 0.2) is 60.5 Å². The molecule has 0 fully saturated rings. The first-order valence-corrected chi connectivity index (χ1v) is 6.50. The van der Waals surface area contributed by atoms with Crippen molar-refractivity contribution in [3.8, 4) is 0 Å². The maximum atomic E-state index is 12.4. The zero-order chi connectivity index (χ0) is 12.2. The highest BCUT2D eigenvalue weighted by Gasteiger charge is 2.36. The summed E-state index contributed by atoms with van der Waals surface area (Å²) in [6.45, 7) is 8.86. The van der Waals surface area contributed by atoms with Crippen molar-refractivity contribution < 1.29 is 8.42 Å². The second kappa shape index (κ2) is 4.66. The maximum Gasteiger partial charge on any atom is 0.187 e. The Bertz CT molecular complexity index is 474. The lowest BCUT2D eigenvalue weighted by molar-refractivity contribution is 0.564. The van der Waals surface area contributed by atoms with E-state index in [2.05, 4.69) is 13.2 Å². The number of benzene rings is 1. The molecule has 0 spiro atoms. The molecule has 0 saturated heterocycles. The van der Waals surface area contributed by atoms with Crippen molar-refractivity contribution in [2.75, 3.05) is 0 Å². The molecule has 0 heterocycles. The van der Waals surface area contributed by atoms with Crippen LogP contribution in [-0.2, 0) is 9.84 Å². The summed E-state index contributed by atoms with van der Waals surface area (Å²) in [5.41, 5.74) is 0. The minimum absolute atomic E-state index is 0.319. The molecule has 0 saturated carbocycles. The highest BCUT2D eigenvalue weighted by molar-refractivity contribution is 7.93. The van der Waals surface area contributed by atoms with Gasteiger partial charge in [0.05, 0.1) is 9.64 Å². The molecule has 3 heteroatoms. The van der Waals surface area contributed by atoms with Crippen molar-refractivity contribution in [1.29, 1.82) is 0 Å². The molecule has 0 radical (unpaired) electrons. The van der Waals surface area contributed by atoms with Gasteiger partial charge in [0.25, 0.3) is 0 Å². The molecule has 0 bridgehead atoms.